The van der Waals surface area contributed by atoms with Gasteiger partial charge in [0.15, 0.2) is 0 Å². The highest BCUT2D eigenvalue weighted by Crippen LogP contribution is 2.31. The number of piperidine rings is 1. The third-order valence-electron chi connectivity index (χ3n) is 5.18. The van der Waals surface area contributed by atoms with Crippen LogP contribution in [0, 0.1) is 13.8 Å². The Labute approximate surface area is 155 Å². The number of nitrogens with zero attached hydrogens (tertiary/aromatic N) is 2. The fourth-order valence-corrected chi connectivity index (χ4v) is 3.72. The van der Waals surface area contributed by atoms with Gasteiger partial charge in [-0.2, -0.15) is 8.78 Å². The Balaban J connectivity index is 1.73. The maximum atomic E-state index is 12.8. The van der Waals surface area contributed by atoms with Crippen LogP contribution >= 0.6 is 0 Å². The summed E-state index contributed by atoms with van der Waals surface area (Å²) in [6, 6.07) is 2.61. The van der Waals surface area contributed by atoms with E-state index >= 15 is 0 Å². The zero-order valence-corrected chi connectivity index (χ0v) is 15.3. The van der Waals surface area contributed by atoms with Crippen molar-refractivity contribution in [2.45, 2.75) is 38.8 Å². The number of urea groups is 1. The van der Waals surface area contributed by atoms with Gasteiger partial charge in [-0.3, -0.25) is 14.5 Å². The molecule has 1 aromatic rings. The van der Waals surface area contributed by atoms with E-state index in [0.29, 0.717) is 42.6 Å². The Hall–Kier alpha value is -2.71. The third kappa shape index (κ3) is 3.33. The van der Waals surface area contributed by atoms with Crippen LogP contribution in [0.3, 0.4) is 0 Å². The molecule has 0 aromatic heterocycles. The number of rotatable bonds is 3. The number of hydrogen-bond acceptors (Lipinski definition) is 4. The molecule has 0 saturated carbocycles. The van der Waals surface area contributed by atoms with Gasteiger partial charge in [0, 0.05) is 25.7 Å². The van der Waals surface area contributed by atoms with Crippen molar-refractivity contribution in [3.63, 3.8) is 0 Å². The molecule has 1 N–H and O–H groups in total. The first kappa shape index (κ1) is 19.1. The van der Waals surface area contributed by atoms with E-state index in [-0.39, 0.29) is 17.6 Å². The highest BCUT2D eigenvalue weighted by Gasteiger charge is 2.51. The minimum absolute atomic E-state index is 0.0708. The Morgan fingerprint density at radius 1 is 1.19 bits per heavy atom. The summed E-state index contributed by atoms with van der Waals surface area (Å²) in [4.78, 5) is 39.5. The van der Waals surface area contributed by atoms with Gasteiger partial charge in [0.1, 0.15) is 11.3 Å². The molecule has 2 aliphatic rings. The average molecular weight is 381 g/mol. The van der Waals surface area contributed by atoms with Crippen molar-refractivity contribution in [3.05, 3.63) is 28.8 Å². The summed E-state index contributed by atoms with van der Waals surface area (Å²) in [7, 11) is 1.43. The van der Waals surface area contributed by atoms with Crippen molar-refractivity contribution in [1.82, 2.24) is 15.1 Å². The molecule has 4 amide bonds. The van der Waals surface area contributed by atoms with Crippen molar-refractivity contribution in [2.75, 3.05) is 20.1 Å². The number of likely N-dealkylation sites (tertiary alicyclic amines) is 1. The van der Waals surface area contributed by atoms with Crippen LogP contribution in [-0.2, 0) is 4.79 Å². The molecule has 3 rings (SSSR count). The Morgan fingerprint density at radius 2 is 1.74 bits per heavy atom. The van der Waals surface area contributed by atoms with E-state index in [0.717, 1.165) is 4.90 Å². The topological polar surface area (TPSA) is 79.0 Å². The minimum atomic E-state index is -2.93. The smallest absolute Gasteiger partial charge is 0.387 e. The molecule has 7 nitrogen and oxygen atoms in total. The van der Waals surface area contributed by atoms with E-state index in [1.807, 2.05) is 0 Å². The van der Waals surface area contributed by atoms with Crippen LogP contribution in [0.25, 0.3) is 0 Å². The lowest BCUT2D eigenvalue weighted by Gasteiger charge is -2.37. The molecule has 2 saturated heterocycles. The third-order valence-corrected chi connectivity index (χ3v) is 5.18. The summed E-state index contributed by atoms with van der Waals surface area (Å²) in [5, 5.41) is 2.72. The normalized spacial score (nSPS) is 19.0. The van der Waals surface area contributed by atoms with Gasteiger partial charge in [0.05, 0.1) is 0 Å². The number of aryl methyl sites for hydroxylation is 2. The fraction of sp³-hybridized carbons (Fsp3) is 0.500. The van der Waals surface area contributed by atoms with Gasteiger partial charge in [-0.15, -0.1) is 0 Å². The molecule has 1 spiro atoms. The first-order valence-electron chi connectivity index (χ1n) is 8.60. The molecule has 0 radical (unpaired) electrons. The molecule has 2 aliphatic heterocycles. The summed E-state index contributed by atoms with van der Waals surface area (Å²) in [5.41, 5.74) is 0.337. The van der Waals surface area contributed by atoms with Crippen LogP contribution in [0.15, 0.2) is 12.1 Å². The summed E-state index contributed by atoms with van der Waals surface area (Å²) in [6.45, 7) is 0.905. The molecule has 0 bridgehead atoms. The lowest BCUT2D eigenvalue weighted by molar-refractivity contribution is -0.131. The Morgan fingerprint density at radius 3 is 2.19 bits per heavy atom. The molecule has 0 aliphatic carbocycles. The fourth-order valence-electron chi connectivity index (χ4n) is 3.72. The minimum Gasteiger partial charge on any atom is -0.434 e. The molecule has 0 unspecified atom stereocenters. The number of ether oxygens (including phenoxy) is 1. The monoisotopic (exact) mass is 381 g/mol. The van der Waals surface area contributed by atoms with Gasteiger partial charge >= 0.3 is 12.6 Å². The van der Waals surface area contributed by atoms with E-state index in [9.17, 15) is 23.2 Å². The van der Waals surface area contributed by atoms with Gasteiger partial charge in [-0.05, 0) is 49.9 Å². The van der Waals surface area contributed by atoms with Crippen LogP contribution < -0.4 is 10.1 Å². The summed E-state index contributed by atoms with van der Waals surface area (Å²) in [5.74, 6) is -0.453. The van der Waals surface area contributed by atoms with Crippen LogP contribution in [0.4, 0.5) is 13.6 Å². The van der Waals surface area contributed by atoms with Crippen LogP contribution in [0.2, 0.25) is 0 Å². The molecule has 146 valence electrons. The second-order valence-corrected chi connectivity index (χ2v) is 6.99. The van der Waals surface area contributed by atoms with Crippen molar-refractivity contribution in [2.24, 2.45) is 0 Å². The van der Waals surface area contributed by atoms with Crippen molar-refractivity contribution in [1.29, 1.82) is 0 Å². The van der Waals surface area contributed by atoms with Gasteiger partial charge < -0.3 is 15.0 Å². The number of imide groups is 1. The van der Waals surface area contributed by atoms with Crippen LogP contribution in [0.5, 0.6) is 5.75 Å². The predicted molar refractivity (Wildman–Crippen MR) is 91.7 cm³/mol. The molecule has 2 heterocycles. The van der Waals surface area contributed by atoms with Gasteiger partial charge in [0.25, 0.3) is 11.8 Å². The first-order chi connectivity index (χ1) is 12.6. The molecule has 1 aromatic carbocycles. The van der Waals surface area contributed by atoms with Gasteiger partial charge in [-0.1, -0.05) is 0 Å². The average Bonchev–Trinajstić information content (AvgIpc) is 2.82. The molecular formula is C18H21F2N3O4. The summed E-state index contributed by atoms with van der Waals surface area (Å²) < 4.78 is 29.5. The number of halogens is 2. The number of nitrogens with one attached hydrogen (secondary N) is 1. The Kier molecular flexibility index (Phi) is 4.79. The number of likely N-dealkylation sites (N-methyl/N-ethyl adjacent to an activating group) is 1. The predicted octanol–water partition coefficient (Wildman–Crippen LogP) is 2.06. The number of carbonyl (C=O) groups is 3. The highest BCUT2D eigenvalue weighted by atomic mass is 19.3. The summed E-state index contributed by atoms with van der Waals surface area (Å²) in [6.07, 6.45) is 0.663. The zero-order chi connectivity index (χ0) is 19.9. The van der Waals surface area contributed by atoms with E-state index in [1.54, 1.807) is 18.7 Å². The molecule has 9 heteroatoms. The lowest BCUT2D eigenvalue weighted by Crippen LogP contribution is -2.55. The first-order valence-corrected chi connectivity index (χ1v) is 8.60. The second-order valence-electron chi connectivity index (χ2n) is 6.99. The van der Waals surface area contributed by atoms with Gasteiger partial charge in [0.2, 0.25) is 0 Å². The van der Waals surface area contributed by atoms with Crippen LogP contribution in [0.1, 0.15) is 34.3 Å². The maximum absolute atomic E-state index is 12.8. The SMILES string of the molecule is Cc1cc(C(=O)N2CCC3(CC2)NC(=O)N(C)C3=O)cc(C)c1OC(F)F. The van der Waals surface area contributed by atoms with E-state index < -0.39 is 18.2 Å². The largest absolute Gasteiger partial charge is 0.434 e. The quantitative estimate of drug-likeness (QED) is 0.813. The van der Waals surface area contributed by atoms with Crippen molar-refractivity contribution < 1.29 is 27.9 Å². The van der Waals surface area contributed by atoms with Gasteiger partial charge in [-0.25, -0.2) is 4.79 Å². The Bertz CT molecular complexity index is 781. The number of benzene rings is 1. The molecule has 27 heavy (non-hydrogen) atoms. The zero-order valence-electron chi connectivity index (χ0n) is 15.3. The lowest BCUT2D eigenvalue weighted by atomic mass is 9.87. The molecule has 0 atom stereocenters. The van der Waals surface area contributed by atoms with E-state index in [1.165, 1.54) is 19.2 Å². The maximum Gasteiger partial charge on any atom is 0.387 e. The summed E-state index contributed by atoms with van der Waals surface area (Å²) >= 11 is 0. The van der Waals surface area contributed by atoms with E-state index in [2.05, 4.69) is 10.1 Å². The number of alkyl halides is 2. The molecular weight excluding hydrogens is 360 g/mol. The van der Waals surface area contributed by atoms with Crippen molar-refractivity contribution in [3.8, 4) is 5.75 Å². The highest BCUT2D eigenvalue weighted by molar-refractivity contribution is 6.07. The number of carbonyl (C=O) groups excluding carboxylic acids is 3. The number of hydrogen-bond donors (Lipinski definition) is 1. The van der Waals surface area contributed by atoms with Crippen LogP contribution in [-0.4, -0.2) is 59.9 Å². The second kappa shape index (κ2) is 6.79. The standard InChI is InChI=1S/C18H21F2N3O4/c1-10-8-12(9-11(2)13(10)27-16(19)20)14(24)23-6-4-18(5-7-23)15(25)22(3)17(26)21-18/h8-9,16H,4-7H2,1-3H3,(H,21,26). The van der Waals surface area contributed by atoms with E-state index in [4.69, 9.17) is 0 Å². The molecule has 2 fully saturated rings. The van der Waals surface area contributed by atoms with Crippen molar-refractivity contribution >= 4 is 17.8 Å². The number of amides is 4.